The first-order valence-electron chi connectivity index (χ1n) is 8.67. The molecule has 2 aliphatic rings. The molecule has 3 N–H and O–H groups in total. The van der Waals surface area contributed by atoms with Gasteiger partial charge in [-0.15, -0.1) is 12.4 Å². The van der Waals surface area contributed by atoms with Crippen LogP contribution < -0.4 is 11.1 Å². The molecule has 2 aromatic rings. The molecule has 2 aliphatic heterocycles. The number of carbonyl (C=O) groups is 3. The maximum Gasteiger partial charge on any atom is 0.261 e. The Labute approximate surface area is 167 Å². The summed E-state index contributed by atoms with van der Waals surface area (Å²) in [4.78, 5) is 42.7. The number of carbonyl (C=O) groups excluding carboxylic acids is 3. The highest BCUT2D eigenvalue weighted by molar-refractivity contribution is 6.22. The van der Waals surface area contributed by atoms with Crippen LogP contribution in [0.15, 0.2) is 36.5 Å². The average molecular weight is 403 g/mol. The van der Waals surface area contributed by atoms with Gasteiger partial charge >= 0.3 is 0 Å². The van der Waals surface area contributed by atoms with Gasteiger partial charge < -0.3 is 15.8 Å². The first-order chi connectivity index (χ1) is 13.0. The monoisotopic (exact) mass is 402 g/mol. The molecule has 1 unspecified atom stereocenters. The number of anilines is 2. The van der Waals surface area contributed by atoms with Crippen LogP contribution in [0.1, 0.15) is 43.9 Å². The number of nitrogens with zero attached hydrogens (tertiary/aromatic N) is 2. The lowest BCUT2D eigenvalue weighted by Crippen LogP contribution is -2.36. The minimum Gasteiger partial charge on any atom is -0.384 e. The van der Waals surface area contributed by atoms with Gasteiger partial charge in [0, 0.05) is 12.2 Å². The molecule has 1 saturated heterocycles. The zero-order chi connectivity index (χ0) is 19.0. The van der Waals surface area contributed by atoms with Gasteiger partial charge in [-0.1, -0.05) is 0 Å². The Balaban J connectivity index is 0.00000225. The summed E-state index contributed by atoms with van der Waals surface area (Å²) in [7, 11) is 0. The molecule has 1 aromatic carbocycles. The molecular formula is C19H19ClN4O4. The van der Waals surface area contributed by atoms with E-state index in [0.29, 0.717) is 23.7 Å². The Hall–Kier alpha value is -2.97. The molecule has 0 spiro atoms. The zero-order valence-corrected chi connectivity index (χ0v) is 15.7. The van der Waals surface area contributed by atoms with Crippen molar-refractivity contribution in [1.29, 1.82) is 0 Å². The van der Waals surface area contributed by atoms with Crippen molar-refractivity contribution < 1.29 is 19.1 Å². The second-order valence-corrected chi connectivity index (χ2v) is 6.54. The standard InChI is InChI=1S/C19H18N4O4.ClH/c20-16-6-4-12(9-21-16)22-17(24)11-3-5-14-15(8-11)19(26)23(18(14)25)10-13-2-1-7-27-13;/h3-6,8-9,13H,1-2,7,10H2,(H2,20,21)(H,22,24);1H. The van der Waals surface area contributed by atoms with Gasteiger partial charge in [-0.3, -0.25) is 19.3 Å². The molecule has 28 heavy (non-hydrogen) atoms. The van der Waals surface area contributed by atoms with Gasteiger partial charge in [-0.25, -0.2) is 4.98 Å². The highest BCUT2D eigenvalue weighted by Gasteiger charge is 2.37. The summed E-state index contributed by atoms with van der Waals surface area (Å²) >= 11 is 0. The Morgan fingerprint density at radius 2 is 2.00 bits per heavy atom. The number of hydrogen-bond donors (Lipinski definition) is 2. The molecule has 146 valence electrons. The molecule has 0 aliphatic carbocycles. The second-order valence-electron chi connectivity index (χ2n) is 6.54. The molecule has 1 fully saturated rings. The lowest BCUT2D eigenvalue weighted by Gasteiger charge is -2.17. The molecular weight excluding hydrogens is 384 g/mol. The summed E-state index contributed by atoms with van der Waals surface area (Å²) in [6, 6.07) is 7.70. The van der Waals surface area contributed by atoms with Crippen molar-refractivity contribution in [1.82, 2.24) is 9.88 Å². The first-order valence-corrected chi connectivity index (χ1v) is 8.67. The topological polar surface area (TPSA) is 115 Å². The van der Waals surface area contributed by atoms with E-state index in [1.807, 2.05) is 0 Å². The fourth-order valence-electron chi connectivity index (χ4n) is 3.27. The number of benzene rings is 1. The second kappa shape index (κ2) is 7.95. The van der Waals surface area contributed by atoms with E-state index in [-0.39, 0.29) is 42.1 Å². The van der Waals surface area contributed by atoms with Crippen LogP contribution >= 0.6 is 12.4 Å². The van der Waals surface area contributed by atoms with E-state index in [1.54, 1.807) is 12.1 Å². The van der Waals surface area contributed by atoms with Crippen molar-refractivity contribution in [3.05, 3.63) is 53.2 Å². The lowest BCUT2D eigenvalue weighted by atomic mass is 10.1. The first kappa shape index (κ1) is 19.8. The quantitative estimate of drug-likeness (QED) is 0.757. The molecule has 9 heteroatoms. The minimum atomic E-state index is -0.401. The number of nitrogens with two attached hydrogens (primary N) is 1. The maximum absolute atomic E-state index is 12.7. The van der Waals surface area contributed by atoms with E-state index in [4.69, 9.17) is 10.5 Å². The third-order valence-corrected chi connectivity index (χ3v) is 4.69. The van der Waals surface area contributed by atoms with Crippen LogP contribution in [0, 0.1) is 0 Å². The molecule has 1 aromatic heterocycles. The Kier molecular flexibility index (Phi) is 5.62. The molecule has 0 bridgehead atoms. The third-order valence-electron chi connectivity index (χ3n) is 4.69. The van der Waals surface area contributed by atoms with Crippen molar-refractivity contribution >= 4 is 41.6 Å². The van der Waals surface area contributed by atoms with Crippen LogP contribution in [-0.4, -0.2) is 46.9 Å². The van der Waals surface area contributed by atoms with Crippen LogP contribution in [0.4, 0.5) is 11.5 Å². The summed E-state index contributed by atoms with van der Waals surface area (Å²) in [5.74, 6) is -0.794. The highest BCUT2D eigenvalue weighted by Crippen LogP contribution is 2.26. The van der Waals surface area contributed by atoms with Crippen LogP contribution in [0.25, 0.3) is 0 Å². The fraction of sp³-hybridized carbons (Fsp3) is 0.263. The number of ether oxygens (including phenoxy) is 1. The number of aromatic nitrogens is 1. The van der Waals surface area contributed by atoms with Gasteiger partial charge in [-0.2, -0.15) is 0 Å². The van der Waals surface area contributed by atoms with Crippen LogP contribution in [0.5, 0.6) is 0 Å². The number of nitrogen functional groups attached to an aromatic ring is 1. The van der Waals surface area contributed by atoms with E-state index in [0.717, 1.165) is 12.8 Å². The number of nitrogens with one attached hydrogen (secondary N) is 1. The van der Waals surface area contributed by atoms with Gasteiger partial charge in [0.05, 0.1) is 35.7 Å². The number of halogens is 1. The summed E-state index contributed by atoms with van der Waals surface area (Å²) in [6.07, 6.45) is 3.08. The predicted octanol–water partition coefficient (Wildman–Crippen LogP) is 2.11. The molecule has 8 nitrogen and oxygen atoms in total. The number of amides is 3. The maximum atomic E-state index is 12.7. The van der Waals surface area contributed by atoms with Crippen LogP contribution in [-0.2, 0) is 4.74 Å². The number of pyridine rings is 1. The van der Waals surface area contributed by atoms with Gasteiger partial charge in [0.15, 0.2) is 0 Å². The summed E-state index contributed by atoms with van der Waals surface area (Å²) in [6.45, 7) is 0.892. The average Bonchev–Trinajstić information content (AvgIpc) is 3.26. The van der Waals surface area contributed by atoms with Crippen molar-refractivity contribution in [3.8, 4) is 0 Å². The van der Waals surface area contributed by atoms with Gasteiger partial charge in [0.25, 0.3) is 17.7 Å². The fourth-order valence-corrected chi connectivity index (χ4v) is 3.27. The number of rotatable bonds is 4. The number of fused-ring (bicyclic) bond motifs is 1. The summed E-state index contributed by atoms with van der Waals surface area (Å²) in [5.41, 5.74) is 6.84. The smallest absolute Gasteiger partial charge is 0.261 e. The van der Waals surface area contributed by atoms with E-state index in [2.05, 4.69) is 10.3 Å². The number of imide groups is 1. The highest BCUT2D eigenvalue weighted by atomic mass is 35.5. The lowest BCUT2D eigenvalue weighted by molar-refractivity contribution is 0.0475. The largest absolute Gasteiger partial charge is 0.384 e. The van der Waals surface area contributed by atoms with Crippen LogP contribution in [0.2, 0.25) is 0 Å². The third kappa shape index (κ3) is 3.69. The Bertz CT molecular complexity index is 926. The predicted molar refractivity (Wildman–Crippen MR) is 105 cm³/mol. The molecule has 0 radical (unpaired) electrons. The van der Waals surface area contributed by atoms with E-state index in [9.17, 15) is 14.4 Å². The molecule has 3 amide bonds. The van der Waals surface area contributed by atoms with Gasteiger partial charge in [-0.05, 0) is 43.2 Å². The van der Waals surface area contributed by atoms with Crippen molar-refractivity contribution in [2.75, 3.05) is 24.2 Å². The van der Waals surface area contributed by atoms with Crippen molar-refractivity contribution in [2.45, 2.75) is 18.9 Å². The van der Waals surface area contributed by atoms with Gasteiger partial charge in [0.1, 0.15) is 5.82 Å². The van der Waals surface area contributed by atoms with E-state index < -0.39 is 11.8 Å². The Morgan fingerprint density at radius 1 is 1.21 bits per heavy atom. The Morgan fingerprint density at radius 3 is 2.68 bits per heavy atom. The summed E-state index contributed by atoms with van der Waals surface area (Å²) < 4.78 is 5.52. The molecule has 0 saturated carbocycles. The van der Waals surface area contributed by atoms with E-state index in [1.165, 1.54) is 29.3 Å². The minimum absolute atomic E-state index is 0. The van der Waals surface area contributed by atoms with E-state index >= 15 is 0 Å². The summed E-state index contributed by atoms with van der Waals surface area (Å²) in [5, 5.41) is 2.69. The molecule has 4 rings (SSSR count). The molecule has 3 heterocycles. The zero-order valence-electron chi connectivity index (χ0n) is 14.9. The number of hydrogen-bond acceptors (Lipinski definition) is 6. The SMILES string of the molecule is Cl.Nc1ccc(NC(=O)c2ccc3c(c2)C(=O)N(CC2CCCO2)C3=O)cn1. The normalized spacial score (nSPS) is 18.0. The molecule has 1 atom stereocenters. The van der Waals surface area contributed by atoms with Crippen LogP contribution in [0.3, 0.4) is 0 Å². The van der Waals surface area contributed by atoms with Crippen molar-refractivity contribution in [2.24, 2.45) is 0 Å². The van der Waals surface area contributed by atoms with Gasteiger partial charge in [0.2, 0.25) is 0 Å². The van der Waals surface area contributed by atoms with Crippen molar-refractivity contribution in [3.63, 3.8) is 0 Å².